The molecule has 56 heavy (non-hydrogen) atoms. The molecule has 2 heteroatoms. The van der Waals surface area contributed by atoms with Gasteiger partial charge in [-0.1, -0.05) is 170 Å². The maximum atomic E-state index is 2.37. The summed E-state index contributed by atoms with van der Waals surface area (Å²) >= 11 is 0. The van der Waals surface area contributed by atoms with Crippen LogP contribution >= 0.6 is 0 Å². The highest BCUT2D eigenvalue weighted by molar-refractivity contribution is 6.09. The average molecular weight is 715 g/mol. The number of nitrogens with zero attached hydrogens (tertiary/aromatic N) is 2. The molecular formula is C54H38N2. The van der Waals surface area contributed by atoms with E-state index in [-0.39, 0.29) is 0 Å². The summed E-state index contributed by atoms with van der Waals surface area (Å²) in [4.78, 5) is 2.35. The molecule has 264 valence electrons. The Kier molecular flexibility index (Phi) is 8.55. The van der Waals surface area contributed by atoms with E-state index in [9.17, 15) is 0 Å². The second-order valence-corrected chi connectivity index (χ2v) is 14.2. The summed E-state index contributed by atoms with van der Waals surface area (Å²) in [5.41, 5.74) is 16.5. The van der Waals surface area contributed by atoms with Gasteiger partial charge in [0, 0.05) is 33.5 Å². The second kappa shape index (κ2) is 14.4. The van der Waals surface area contributed by atoms with E-state index in [4.69, 9.17) is 0 Å². The third-order valence-electron chi connectivity index (χ3n) is 10.8. The van der Waals surface area contributed by atoms with Gasteiger partial charge in [-0.2, -0.15) is 0 Å². The zero-order valence-electron chi connectivity index (χ0n) is 30.8. The van der Waals surface area contributed by atoms with Crippen molar-refractivity contribution in [2.24, 2.45) is 0 Å². The molecule has 0 atom stereocenters. The lowest BCUT2D eigenvalue weighted by Crippen LogP contribution is -2.10. The van der Waals surface area contributed by atoms with Crippen LogP contribution in [0.3, 0.4) is 0 Å². The smallest absolute Gasteiger partial charge is 0.0541 e. The van der Waals surface area contributed by atoms with E-state index in [0.717, 1.165) is 22.7 Å². The van der Waals surface area contributed by atoms with E-state index < -0.39 is 0 Å². The number of hydrogen-bond acceptors (Lipinski definition) is 1. The molecule has 0 saturated heterocycles. The molecular weight excluding hydrogens is 677 g/mol. The van der Waals surface area contributed by atoms with Gasteiger partial charge >= 0.3 is 0 Å². The Morgan fingerprint density at radius 1 is 0.250 bits per heavy atom. The number of fused-ring (bicyclic) bond motifs is 3. The van der Waals surface area contributed by atoms with Crippen LogP contribution < -0.4 is 4.90 Å². The van der Waals surface area contributed by atoms with Crippen molar-refractivity contribution in [2.45, 2.75) is 0 Å². The summed E-state index contributed by atoms with van der Waals surface area (Å²) in [6.07, 6.45) is 0. The minimum absolute atomic E-state index is 1.10. The van der Waals surface area contributed by atoms with Crippen LogP contribution in [0.2, 0.25) is 0 Å². The van der Waals surface area contributed by atoms with Crippen molar-refractivity contribution in [1.82, 2.24) is 4.57 Å². The van der Waals surface area contributed by atoms with Gasteiger partial charge in [0.2, 0.25) is 0 Å². The summed E-state index contributed by atoms with van der Waals surface area (Å²) in [6, 6.07) is 82.9. The molecule has 0 unspecified atom stereocenters. The largest absolute Gasteiger partial charge is 0.310 e. The number of anilines is 3. The molecule has 0 radical (unpaired) electrons. The Morgan fingerprint density at radius 3 is 1.09 bits per heavy atom. The standard InChI is InChI=1S/C54H38N2/c1-3-12-39(13-4-1)41-22-24-42(25-23-41)43-26-32-47(33-27-43)55(50-17-11-16-46(38-50)40-14-5-2-6-15-40)48-34-28-44(29-35-48)45-30-36-49(37-31-45)56-53-20-9-7-18-51(53)52-19-8-10-21-54(52)56/h1-38H. The topological polar surface area (TPSA) is 8.17 Å². The van der Waals surface area contributed by atoms with Crippen LogP contribution in [0.5, 0.6) is 0 Å². The average Bonchev–Trinajstić information content (AvgIpc) is 3.62. The van der Waals surface area contributed by atoms with Crippen molar-refractivity contribution in [2.75, 3.05) is 4.90 Å². The van der Waals surface area contributed by atoms with Gasteiger partial charge in [-0.05, 0) is 105 Å². The number of para-hydroxylation sites is 2. The first-order valence-corrected chi connectivity index (χ1v) is 19.2. The maximum absolute atomic E-state index is 2.37. The molecule has 0 bridgehead atoms. The molecule has 0 spiro atoms. The van der Waals surface area contributed by atoms with Crippen molar-refractivity contribution in [3.63, 3.8) is 0 Å². The van der Waals surface area contributed by atoms with Crippen LogP contribution in [0.15, 0.2) is 231 Å². The Hall–Kier alpha value is -7.42. The van der Waals surface area contributed by atoms with Crippen LogP contribution in [0.4, 0.5) is 17.1 Å². The van der Waals surface area contributed by atoms with Gasteiger partial charge in [0.25, 0.3) is 0 Å². The first-order chi connectivity index (χ1) is 27.8. The van der Waals surface area contributed by atoms with Crippen LogP contribution in [0.1, 0.15) is 0 Å². The third kappa shape index (κ3) is 6.24. The normalized spacial score (nSPS) is 11.2. The van der Waals surface area contributed by atoms with Crippen LogP contribution in [0, 0.1) is 0 Å². The van der Waals surface area contributed by atoms with E-state index in [2.05, 4.69) is 240 Å². The Labute approximate surface area is 327 Å². The van der Waals surface area contributed by atoms with E-state index in [1.165, 1.54) is 66.3 Å². The van der Waals surface area contributed by atoms with Crippen LogP contribution in [-0.2, 0) is 0 Å². The van der Waals surface area contributed by atoms with Crippen molar-refractivity contribution in [3.8, 4) is 50.2 Å². The molecule has 0 saturated carbocycles. The van der Waals surface area contributed by atoms with E-state index in [1.54, 1.807) is 0 Å². The minimum Gasteiger partial charge on any atom is -0.310 e. The lowest BCUT2D eigenvalue weighted by molar-refractivity contribution is 1.18. The number of aromatic nitrogens is 1. The molecule has 0 amide bonds. The highest BCUT2D eigenvalue weighted by atomic mass is 15.1. The molecule has 10 rings (SSSR count). The quantitative estimate of drug-likeness (QED) is 0.152. The minimum atomic E-state index is 1.10. The molecule has 0 aliphatic heterocycles. The number of benzene rings is 9. The van der Waals surface area contributed by atoms with Crippen molar-refractivity contribution in [3.05, 3.63) is 231 Å². The van der Waals surface area contributed by atoms with Crippen molar-refractivity contribution in [1.29, 1.82) is 0 Å². The van der Waals surface area contributed by atoms with Gasteiger partial charge in [-0.15, -0.1) is 0 Å². The van der Waals surface area contributed by atoms with Crippen LogP contribution in [0.25, 0.3) is 72.0 Å². The summed E-state index contributed by atoms with van der Waals surface area (Å²) in [5.74, 6) is 0. The molecule has 0 N–H and O–H groups in total. The highest BCUT2D eigenvalue weighted by Crippen LogP contribution is 2.39. The fourth-order valence-electron chi connectivity index (χ4n) is 8.00. The lowest BCUT2D eigenvalue weighted by Gasteiger charge is -2.26. The molecule has 10 aromatic rings. The van der Waals surface area contributed by atoms with Crippen molar-refractivity contribution >= 4 is 38.9 Å². The van der Waals surface area contributed by atoms with Gasteiger partial charge in [0.05, 0.1) is 11.0 Å². The summed E-state index contributed by atoms with van der Waals surface area (Å²) in [5, 5.41) is 2.54. The highest BCUT2D eigenvalue weighted by Gasteiger charge is 2.15. The Bertz CT molecular complexity index is 2850. The Balaban J connectivity index is 0.981. The zero-order chi connectivity index (χ0) is 37.3. The van der Waals surface area contributed by atoms with E-state index in [0.29, 0.717) is 0 Å². The Morgan fingerprint density at radius 2 is 0.607 bits per heavy atom. The first-order valence-electron chi connectivity index (χ1n) is 19.2. The maximum Gasteiger partial charge on any atom is 0.0541 e. The summed E-state index contributed by atoms with van der Waals surface area (Å²) in [6.45, 7) is 0. The SMILES string of the molecule is c1ccc(-c2ccc(-c3ccc(N(c4ccc(-c5ccc(-n6c7ccccc7c7ccccc76)cc5)cc4)c4cccc(-c5ccccc5)c4)cc3)cc2)cc1. The predicted octanol–water partition coefficient (Wildman–Crippen LogP) is 14.9. The van der Waals surface area contributed by atoms with Gasteiger partial charge in [0.15, 0.2) is 0 Å². The number of rotatable bonds is 8. The summed E-state index contributed by atoms with van der Waals surface area (Å²) in [7, 11) is 0. The monoisotopic (exact) mass is 714 g/mol. The molecule has 0 fully saturated rings. The first kappa shape index (κ1) is 33.2. The van der Waals surface area contributed by atoms with Gasteiger partial charge in [-0.3, -0.25) is 0 Å². The molecule has 2 nitrogen and oxygen atoms in total. The van der Waals surface area contributed by atoms with E-state index >= 15 is 0 Å². The van der Waals surface area contributed by atoms with Crippen molar-refractivity contribution < 1.29 is 0 Å². The second-order valence-electron chi connectivity index (χ2n) is 14.2. The zero-order valence-corrected chi connectivity index (χ0v) is 30.8. The molecule has 1 heterocycles. The van der Waals surface area contributed by atoms with Gasteiger partial charge in [0.1, 0.15) is 0 Å². The molecule has 0 aliphatic rings. The summed E-state index contributed by atoms with van der Waals surface area (Å²) < 4.78 is 2.37. The molecule has 1 aromatic heterocycles. The number of hydrogen-bond donors (Lipinski definition) is 0. The third-order valence-corrected chi connectivity index (χ3v) is 10.8. The van der Waals surface area contributed by atoms with Gasteiger partial charge in [-0.25, -0.2) is 0 Å². The van der Waals surface area contributed by atoms with Gasteiger partial charge < -0.3 is 9.47 Å². The fraction of sp³-hybridized carbons (Fsp3) is 0. The molecule has 9 aromatic carbocycles. The molecule has 0 aliphatic carbocycles. The van der Waals surface area contributed by atoms with E-state index in [1.807, 2.05) is 0 Å². The van der Waals surface area contributed by atoms with Crippen LogP contribution in [-0.4, -0.2) is 4.57 Å². The lowest BCUT2D eigenvalue weighted by atomic mass is 10.00. The predicted molar refractivity (Wildman–Crippen MR) is 237 cm³/mol. The fourth-order valence-corrected chi connectivity index (χ4v) is 8.00.